The quantitative estimate of drug-likeness (QED) is 0.839. The molecule has 140 valence electrons. The highest BCUT2D eigenvalue weighted by molar-refractivity contribution is 5.95. The van der Waals surface area contributed by atoms with Crippen LogP contribution in [0.2, 0.25) is 0 Å². The molecule has 2 atom stereocenters. The number of aryl methyl sites for hydroxylation is 1. The number of urea groups is 1. The molecule has 0 aliphatic carbocycles. The van der Waals surface area contributed by atoms with E-state index in [1.165, 1.54) is 7.11 Å². The Hall–Kier alpha value is -3.02. The Labute approximate surface area is 158 Å². The zero-order chi connectivity index (χ0) is 19.2. The lowest BCUT2D eigenvalue weighted by atomic mass is 9.89. The van der Waals surface area contributed by atoms with E-state index >= 15 is 0 Å². The van der Waals surface area contributed by atoms with Gasteiger partial charge >= 0.3 is 12.0 Å². The van der Waals surface area contributed by atoms with Crippen LogP contribution in [0.4, 0.5) is 10.5 Å². The van der Waals surface area contributed by atoms with Crippen LogP contribution >= 0.6 is 0 Å². The summed E-state index contributed by atoms with van der Waals surface area (Å²) in [6, 6.07) is 12.7. The van der Waals surface area contributed by atoms with Crippen LogP contribution in [-0.4, -0.2) is 24.8 Å². The van der Waals surface area contributed by atoms with Crippen LogP contribution in [0.5, 0.6) is 5.75 Å². The van der Waals surface area contributed by atoms with Crippen molar-refractivity contribution >= 4 is 17.7 Å². The molecule has 2 aromatic carbocycles. The Morgan fingerprint density at radius 1 is 1.33 bits per heavy atom. The molecule has 0 aromatic heterocycles. The molecule has 2 aliphatic heterocycles. The Kier molecular flexibility index (Phi) is 4.06. The van der Waals surface area contributed by atoms with Crippen LogP contribution in [0, 0.1) is 0 Å². The van der Waals surface area contributed by atoms with Crippen LogP contribution in [0.25, 0.3) is 0 Å². The minimum Gasteiger partial charge on any atom is -0.467 e. The van der Waals surface area contributed by atoms with Crippen molar-refractivity contribution in [1.29, 1.82) is 0 Å². The van der Waals surface area contributed by atoms with E-state index in [1.807, 2.05) is 31.2 Å². The maximum Gasteiger partial charge on any atom is 0.337 e. The summed E-state index contributed by atoms with van der Waals surface area (Å²) < 4.78 is 11.1. The maximum atomic E-state index is 12.9. The number of nitrogens with one attached hydrogen (secondary N) is 1. The number of carbonyl (C=O) groups excluding carboxylic acids is 2. The van der Waals surface area contributed by atoms with Gasteiger partial charge in [0.2, 0.25) is 0 Å². The van der Waals surface area contributed by atoms with Gasteiger partial charge in [0, 0.05) is 17.7 Å². The number of amides is 2. The van der Waals surface area contributed by atoms with E-state index in [0.29, 0.717) is 17.7 Å². The topological polar surface area (TPSA) is 67.9 Å². The van der Waals surface area contributed by atoms with Gasteiger partial charge in [-0.1, -0.05) is 19.1 Å². The molecule has 0 saturated carbocycles. The average Bonchev–Trinajstić information content (AvgIpc) is 2.66. The van der Waals surface area contributed by atoms with E-state index < -0.39 is 11.7 Å². The number of fused-ring (bicyclic) bond motifs is 4. The number of hydrogen-bond acceptors (Lipinski definition) is 4. The summed E-state index contributed by atoms with van der Waals surface area (Å²) in [6.07, 6.45) is 1.47. The van der Waals surface area contributed by atoms with Gasteiger partial charge < -0.3 is 14.8 Å². The van der Waals surface area contributed by atoms with Gasteiger partial charge in [-0.2, -0.15) is 0 Å². The molecule has 27 heavy (non-hydrogen) atoms. The lowest BCUT2D eigenvalue weighted by Crippen LogP contribution is -2.65. The summed E-state index contributed by atoms with van der Waals surface area (Å²) in [5, 5.41) is 3.05. The molecule has 1 fully saturated rings. The van der Waals surface area contributed by atoms with Gasteiger partial charge in [-0.25, -0.2) is 9.59 Å². The fourth-order valence-electron chi connectivity index (χ4n) is 3.93. The zero-order valence-electron chi connectivity index (χ0n) is 15.6. The summed E-state index contributed by atoms with van der Waals surface area (Å²) in [7, 11) is 1.35. The first-order chi connectivity index (χ1) is 12.9. The van der Waals surface area contributed by atoms with E-state index in [-0.39, 0.29) is 12.1 Å². The fraction of sp³-hybridized carbons (Fsp3) is 0.333. The van der Waals surface area contributed by atoms with Gasteiger partial charge in [0.1, 0.15) is 5.75 Å². The lowest BCUT2D eigenvalue weighted by molar-refractivity contribution is 0.0377. The third-order valence-electron chi connectivity index (χ3n) is 5.27. The van der Waals surface area contributed by atoms with Crippen molar-refractivity contribution in [2.75, 3.05) is 12.0 Å². The molecule has 2 amide bonds. The van der Waals surface area contributed by atoms with Gasteiger partial charge in [-0.3, -0.25) is 4.90 Å². The molecule has 0 radical (unpaired) electrons. The predicted octanol–water partition coefficient (Wildman–Crippen LogP) is 3.81. The molecule has 0 unspecified atom stereocenters. The number of rotatable bonds is 3. The van der Waals surface area contributed by atoms with Crippen molar-refractivity contribution in [3.05, 3.63) is 59.2 Å². The van der Waals surface area contributed by atoms with E-state index in [1.54, 1.807) is 23.1 Å². The summed E-state index contributed by atoms with van der Waals surface area (Å²) >= 11 is 0. The number of nitrogens with zero attached hydrogens (tertiary/aromatic N) is 1. The van der Waals surface area contributed by atoms with Crippen LogP contribution in [0.15, 0.2) is 42.5 Å². The van der Waals surface area contributed by atoms with Crippen molar-refractivity contribution in [2.24, 2.45) is 0 Å². The Balaban J connectivity index is 1.75. The first-order valence-corrected chi connectivity index (χ1v) is 9.06. The van der Waals surface area contributed by atoms with E-state index in [4.69, 9.17) is 9.47 Å². The largest absolute Gasteiger partial charge is 0.467 e. The second kappa shape index (κ2) is 6.30. The summed E-state index contributed by atoms with van der Waals surface area (Å²) in [5.41, 5.74) is 2.40. The van der Waals surface area contributed by atoms with Crippen molar-refractivity contribution < 1.29 is 19.1 Å². The maximum absolute atomic E-state index is 12.9. The van der Waals surface area contributed by atoms with Crippen LogP contribution in [0.3, 0.4) is 0 Å². The minimum atomic E-state index is -0.806. The first kappa shape index (κ1) is 17.4. The standard InChI is InChI=1S/C21H22N2O4/c1-4-13-6-5-7-15(10-13)23-20(25)22-17-12-21(23,2)27-18-9-8-14(11-16(17)18)19(24)26-3/h5-11,17H,4,12H2,1-3H3,(H,22,25)/t17-,21+/m0/s1. The summed E-state index contributed by atoms with van der Waals surface area (Å²) in [5.74, 6) is 0.254. The molecule has 1 saturated heterocycles. The monoisotopic (exact) mass is 366 g/mol. The number of hydrogen-bond donors (Lipinski definition) is 1. The van der Waals surface area contributed by atoms with Crippen molar-refractivity contribution in [1.82, 2.24) is 5.32 Å². The third kappa shape index (κ3) is 2.81. The lowest BCUT2D eigenvalue weighted by Gasteiger charge is -2.50. The molecule has 4 rings (SSSR count). The average molecular weight is 366 g/mol. The number of ether oxygens (including phenoxy) is 2. The Morgan fingerprint density at radius 2 is 2.15 bits per heavy atom. The van der Waals surface area contributed by atoms with Crippen LogP contribution in [-0.2, 0) is 11.2 Å². The molecule has 2 aromatic rings. The molecule has 2 bridgehead atoms. The van der Waals surface area contributed by atoms with E-state index in [2.05, 4.69) is 12.2 Å². The molecule has 2 heterocycles. The molecular formula is C21H22N2O4. The highest BCUT2D eigenvalue weighted by atomic mass is 16.5. The number of carbonyl (C=O) groups is 2. The second-order valence-electron chi connectivity index (χ2n) is 7.09. The van der Waals surface area contributed by atoms with Gasteiger partial charge in [0.25, 0.3) is 0 Å². The number of esters is 1. The van der Waals surface area contributed by atoms with E-state index in [9.17, 15) is 9.59 Å². The third-order valence-corrected chi connectivity index (χ3v) is 5.27. The Bertz CT molecular complexity index is 926. The molecular weight excluding hydrogens is 344 g/mol. The molecule has 1 N–H and O–H groups in total. The zero-order valence-corrected chi connectivity index (χ0v) is 15.6. The van der Waals surface area contributed by atoms with Gasteiger partial charge in [0.05, 0.1) is 18.7 Å². The predicted molar refractivity (Wildman–Crippen MR) is 101 cm³/mol. The highest BCUT2D eigenvalue weighted by Crippen LogP contribution is 2.45. The normalized spacial score (nSPS) is 23.1. The van der Waals surface area contributed by atoms with Crippen molar-refractivity contribution in [3.63, 3.8) is 0 Å². The number of benzene rings is 2. The van der Waals surface area contributed by atoms with Crippen molar-refractivity contribution in [3.8, 4) is 5.75 Å². The first-order valence-electron chi connectivity index (χ1n) is 9.06. The summed E-state index contributed by atoms with van der Waals surface area (Å²) in [6.45, 7) is 4.01. The Morgan fingerprint density at radius 3 is 2.89 bits per heavy atom. The van der Waals surface area contributed by atoms with Gasteiger partial charge in [-0.05, 0) is 49.2 Å². The molecule has 0 spiro atoms. The van der Waals surface area contributed by atoms with Gasteiger partial charge in [0.15, 0.2) is 5.72 Å². The van der Waals surface area contributed by atoms with E-state index in [0.717, 1.165) is 23.2 Å². The van der Waals surface area contributed by atoms with Crippen molar-refractivity contribution in [2.45, 2.75) is 38.5 Å². The van der Waals surface area contributed by atoms with Gasteiger partial charge in [-0.15, -0.1) is 0 Å². The SMILES string of the molecule is CCc1cccc(N2C(=O)N[C@H]3C[C@@]2(C)Oc2ccc(C(=O)OC)cc23)c1. The fourth-order valence-corrected chi connectivity index (χ4v) is 3.93. The molecule has 6 nitrogen and oxygen atoms in total. The minimum absolute atomic E-state index is 0.212. The number of methoxy groups -OCH3 is 1. The molecule has 2 aliphatic rings. The smallest absolute Gasteiger partial charge is 0.337 e. The highest BCUT2D eigenvalue weighted by Gasteiger charge is 2.50. The summed E-state index contributed by atoms with van der Waals surface area (Å²) in [4.78, 5) is 26.5. The second-order valence-corrected chi connectivity index (χ2v) is 7.09. The molecule has 6 heteroatoms. The number of anilines is 1. The van der Waals surface area contributed by atoms with Crippen LogP contribution in [0.1, 0.15) is 47.8 Å². The van der Waals surface area contributed by atoms with Crippen LogP contribution < -0.4 is 15.0 Å².